The topological polar surface area (TPSA) is 44.4 Å². The van der Waals surface area contributed by atoms with Crippen LogP contribution >= 0.6 is 0 Å². The van der Waals surface area contributed by atoms with Gasteiger partial charge in [-0.15, -0.1) is 0 Å². The van der Waals surface area contributed by atoms with Gasteiger partial charge >= 0.3 is 0 Å². The van der Waals surface area contributed by atoms with Gasteiger partial charge in [-0.1, -0.05) is 12.1 Å². The molecule has 0 atom stereocenters. The van der Waals surface area contributed by atoms with Crippen molar-refractivity contribution in [2.45, 2.75) is 12.8 Å². The largest absolute Gasteiger partial charge is 0.384 e. The Morgan fingerprint density at radius 2 is 2.28 bits per heavy atom. The van der Waals surface area contributed by atoms with Gasteiger partial charge in [0.05, 0.1) is 11.3 Å². The zero-order chi connectivity index (χ0) is 13.0. The van der Waals surface area contributed by atoms with E-state index in [1.165, 1.54) is 5.56 Å². The number of benzene rings is 1. The van der Waals surface area contributed by atoms with E-state index in [1.54, 1.807) is 0 Å². The Labute approximate surface area is 108 Å². The Bertz CT molecular complexity index is 429. The standard InChI is InChI=1S/C14H21N3O/c1-17(2)10-9-16-14(18)12-7-3-5-11-6-4-8-15-13(11)12/h3,5,7,15H,4,6,8-10H2,1-2H3,(H,16,18). The van der Waals surface area contributed by atoms with E-state index in [-0.39, 0.29) is 5.91 Å². The average molecular weight is 247 g/mol. The number of carbonyl (C=O) groups excluding carboxylic acids is 1. The highest BCUT2D eigenvalue weighted by Crippen LogP contribution is 2.25. The molecule has 18 heavy (non-hydrogen) atoms. The van der Waals surface area contributed by atoms with Gasteiger partial charge in [-0.25, -0.2) is 0 Å². The van der Waals surface area contributed by atoms with Crippen molar-refractivity contribution >= 4 is 11.6 Å². The number of amides is 1. The number of para-hydroxylation sites is 1. The van der Waals surface area contributed by atoms with E-state index in [9.17, 15) is 4.79 Å². The molecule has 0 unspecified atom stereocenters. The van der Waals surface area contributed by atoms with E-state index >= 15 is 0 Å². The number of hydrogen-bond acceptors (Lipinski definition) is 3. The van der Waals surface area contributed by atoms with Gasteiger partial charge in [0, 0.05) is 19.6 Å². The first-order valence-corrected chi connectivity index (χ1v) is 6.47. The molecule has 0 fully saturated rings. The Balaban J connectivity index is 2.06. The molecule has 0 aliphatic carbocycles. The monoisotopic (exact) mass is 247 g/mol. The Kier molecular flexibility index (Phi) is 4.20. The zero-order valence-corrected chi connectivity index (χ0v) is 11.1. The number of anilines is 1. The highest BCUT2D eigenvalue weighted by molar-refractivity contribution is 6.00. The van der Waals surface area contributed by atoms with Gasteiger partial charge in [-0.05, 0) is 38.6 Å². The summed E-state index contributed by atoms with van der Waals surface area (Å²) in [4.78, 5) is 14.2. The minimum Gasteiger partial charge on any atom is -0.384 e. The normalized spacial score (nSPS) is 13.9. The van der Waals surface area contributed by atoms with Crippen LogP contribution in [0.3, 0.4) is 0 Å². The second kappa shape index (κ2) is 5.87. The third-order valence-corrected chi connectivity index (χ3v) is 3.16. The van der Waals surface area contributed by atoms with Crippen LogP contribution < -0.4 is 10.6 Å². The minimum atomic E-state index is 0.0168. The summed E-state index contributed by atoms with van der Waals surface area (Å²) in [6.45, 7) is 2.48. The van der Waals surface area contributed by atoms with E-state index in [1.807, 2.05) is 26.2 Å². The number of rotatable bonds is 4. The number of nitrogens with one attached hydrogen (secondary N) is 2. The van der Waals surface area contributed by atoms with Gasteiger partial charge in [-0.3, -0.25) is 4.79 Å². The molecule has 0 bridgehead atoms. The van der Waals surface area contributed by atoms with Crippen molar-refractivity contribution in [2.75, 3.05) is 39.0 Å². The molecule has 0 aromatic heterocycles. The molecule has 2 N–H and O–H groups in total. The van der Waals surface area contributed by atoms with Crippen LogP contribution in [-0.2, 0) is 6.42 Å². The van der Waals surface area contributed by atoms with Gasteiger partial charge in [0.25, 0.3) is 5.91 Å². The molecule has 4 heteroatoms. The fourth-order valence-corrected chi connectivity index (χ4v) is 2.19. The molecular formula is C14H21N3O. The van der Waals surface area contributed by atoms with Crippen molar-refractivity contribution in [3.05, 3.63) is 29.3 Å². The molecule has 0 spiro atoms. The van der Waals surface area contributed by atoms with Crippen LogP contribution in [0.5, 0.6) is 0 Å². The number of aryl methyl sites for hydroxylation is 1. The number of likely N-dealkylation sites (N-methyl/N-ethyl adjacent to an activating group) is 1. The third-order valence-electron chi connectivity index (χ3n) is 3.16. The predicted octanol–water partition coefficient (Wildman–Crippen LogP) is 1.34. The summed E-state index contributed by atoms with van der Waals surface area (Å²) in [7, 11) is 4.00. The van der Waals surface area contributed by atoms with Gasteiger partial charge in [-0.2, -0.15) is 0 Å². The summed E-state index contributed by atoms with van der Waals surface area (Å²) in [5.41, 5.74) is 3.04. The van der Waals surface area contributed by atoms with Crippen molar-refractivity contribution in [3.8, 4) is 0 Å². The smallest absolute Gasteiger partial charge is 0.253 e. The lowest BCUT2D eigenvalue weighted by Crippen LogP contribution is -2.32. The molecule has 0 saturated carbocycles. The lowest BCUT2D eigenvalue weighted by Gasteiger charge is -2.21. The molecule has 1 aliphatic rings. The Hall–Kier alpha value is -1.55. The molecule has 1 aromatic rings. The molecule has 0 radical (unpaired) electrons. The van der Waals surface area contributed by atoms with Gasteiger partial charge in [0.1, 0.15) is 0 Å². The van der Waals surface area contributed by atoms with E-state index in [0.29, 0.717) is 6.54 Å². The van der Waals surface area contributed by atoms with Crippen LogP contribution in [0, 0.1) is 0 Å². The quantitative estimate of drug-likeness (QED) is 0.844. The van der Waals surface area contributed by atoms with Crippen LogP contribution in [0.2, 0.25) is 0 Å². The molecule has 4 nitrogen and oxygen atoms in total. The number of carbonyl (C=O) groups is 1. The molecule has 1 aliphatic heterocycles. The number of hydrogen-bond donors (Lipinski definition) is 2. The molecule has 98 valence electrons. The molecule has 1 heterocycles. The molecule has 0 saturated heterocycles. The minimum absolute atomic E-state index is 0.0168. The van der Waals surface area contributed by atoms with E-state index in [2.05, 4.69) is 21.6 Å². The summed E-state index contributed by atoms with van der Waals surface area (Å²) in [5.74, 6) is 0.0168. The van der Waals surface area contributed by atoms with Gasteiger partial charge < -0.3 is 15.5 Å². The summed E-state index contributed by atoms with van der Waals surface area (Å²) < 4.78 is 0. The second-order valence-electron chi connectivity index (χ2n) is 4.93. The van der Waals surface area contributed by atoms with Crippen molar-refractivity contribution in [2.24, 2.45) is 0 Å². The summed E-state index contributed by atoms with van der Waals surface area (Å²) in [5, 5.41) is 6.30. The maximum atomic E-state index is 12.1. The Morgan fingerprint density at radius 3 is 3.06 bits per heavy atom. The molecular weight excluding hydrogens is 226 g/mol. The first-order valence-electron chi connectivity index (χ1n) is 6.47. The van der Waals surface area contributed by atoms with Crippen molar-refractivity contribution in [1.29, 1.82) is 0 Å². The fourth-order valence-electron chi connectivity index (χ4n) is 2.19. The second-order valence-corrected chi connectivity index (χ2v) is 4.93. The van der Waals surface area contributed by atoms with E-state index < -0.39 is 0 Å². The highest BCUT2D eigenvalue weighted by Gasteiger charge is 2.16. The van der Waals surface area contributed by atoms with E-state index in [4.69, 9.17) is 0 Å². The first-order chi connectivity index (χ1) is 8.68. The highest BCUT2D eigenvalue weighted by atomic mass is 16.1. The lowest BCUT2D eigenvalue weighted by molar-refractivity contribution is 0.0951. The Morgan fingerprint density at radius 1 is 1.44 bits per heavy atom. The van der Waals surface area contributed by atoms with Crippen LogP contribution in [0.1, 0.15) is 22.3 Å². The fraction of sp³-hybridized carbons (Fsp3) is 0.500. The maximum Gasteiger partial charge on any atom is 0.253 e. The summed E-state index contributed by atoms with van der Waals surface area (Å²) >= 11 is 0. The third kappa shape index (κ3) is 3.01. The van der Waals surface area contributed by atoms with Crippen LogP contribution in [0.15, 0.2) is 18.2 Å². The van der Waals surface area contributed by atoms with Crippen molar-refractivity contribution in [1.82, 2.24) is 10.2 Å². The van der Waals surface area contributed by atoms with Gasteiger partial charge in [0.15, 0.2) is 0 Å². The van der Waals surface area contributed by atoms with Crippen LogP contribution in [-0.4, -0.2) is 44.5 Å². The number of nitrogens with zero attached hydrogens (tertiary/aromatic N) is 1. The summed E-state index contributed by atoms with van der Waals surface area (Å²) in [6.07, 6.45) is 2.19. The molecule has 1 amide bonds. The van der Waals surface area contributed by atoms with E-state index in [0.717, 1.165) is 37.2 Å². The molecule has 2 rings (SSSR count). The lowest BCUT2D eigenvalue weighted by atomic mass is 9.99. The van der Waals surface area contributed by atoms with Crippen molar-refractivity contribution in [3.63, 3.8) is 0 Å². The van der Waals surface area contributed by atoms with Crippen LogP contribution in [0.25, 0.3) is 0 Å². The maximum absolute atomic E-state index is 12.1. The zero-order valence-electron chi connectivity index (χ0n) is 11.1. The molecule has 1 aromatic carbocycles. The first kappa shape index (κ1) is 12.9. The SMILES string of the molecule is CN(C)CCNC(=O)c1cccc2c1NCCC2. The average Bonchev–Trinajstić information content (AvgIpc) is 2.37. The predicted molar refractivity (Wildman–Crippen MR) is 74.1 cm³/mol. The summed E-state index contributed by atoms with van der Waals surface area (Å²) in [6, 6.07) is 5.95. The van der Waals surface area contributed by atoms with Gasteiger partial charge in [0.2, 0.25) is 0 Å². The van der Waals surface area contributed by atoms with Crippen LogP contribution in [0.4, 0.5) is 5.69 Å². The van der Waals surface area contributed by atoms with Crippen molar-refractivity contribution < 1.29 is 4.79 Å². The number of fused-ring (bicyclic) bond motifs is 1.